The molecule has 1 saturated heterocycles. The quantitative estimate of drug-likeness (QED) is 0.608. The van der Waals surface area contributed by atoms with Crippen LogP contribution < -0.4 is 0 Å². The van der Waals surface area contributed by atoms with Crippen molar-refractivity contribution >= 4 is 20.2 Å². The summed E-state index contributed by atoms with van der Waals surface area (Å²) < 4.78 is 62.6. The van der Waals surface area contributed by atoms with Crippen LogP contribution in [-0.4, -0.2) is 41.3 Å². The number of hydrogen-bond donors (Lipinski definition) is 0. The molecule has 0 spiro atoms. The van der Waals surface area contributed by atoms with Gasteiger partial charge in [-0.05, 0) is 0 Å². The molecule has 1 aliphatic rings. The zero-order valence-electron chi connectivity index (χ0n) is 6.51. The highest BCUT2D eigenvalue weighted by atomic mass is 32.3. The molecule has 6 nitrogen and oxygen atoms in total. The Kier molecular flexibility index (Phi) is 2.63. The summed E-state index contributed by atoms with van der Waals surface area (Å²) in [4.78, 5) is 0. The fourth-order valence-corrected chi connectivity index (χ4v) is 2.55. The summed E-state index contributed by atoms with van der Waals surface area (Å²) in [6.45, 7) is 0. The topological polar surface area (TPSA) is 86.7 Å². The van der Waals surface area contributed by atoms with Crippen molar-refractivity contribution in [3.8, 4) is 0 Å². The number of sulfone groups is 1. The first-order valence-corrected chi connectivity index (χ1v) is 6.52. The van der Waals surface area contributed by atoms with Crippen LogP contribution in [0.2, 0.25) is 0 Å². The van der Waals surface area contributed by atoms with E-state index in [4.69, 9.17) is 0 Å². The van der Waals surface area contributed by atoms with Gasteiger partial charge in [0.15, 0.2) is 6.10 Å². The van der Waals surface area contributed by atoms with Gasteiger partial charge in [-0.2, -0.15) is 8.42 Å². The maximum atomic E-state index is 12.6. The number of alkyl halides is 1. The summed E-state index contributed by atoms with van der Waals surface area (Å²) in [6.07, 6.45) is -3.01. The lowest BCUT2D eigenvalue weighted by Gasteiger charge is -2.04. The smallest absolute Gasteiger partial charge is 0.238 e. The summed E-state index contributed by atoms with van der Waals surface area (Å²) in [7, 11) is -7.86. The molecule has 0 amide bonds. The lowest BCUT2D eigenvalue weighted by Crippen LogP contribution is -2.27. The average Bonchev–Trinajstić information content (AvgIpc) is 2.00. The molecule has 1 aliphatic heterocycles. The SMILES string of the molecule is CS(=O)(=O)CC1OS(=O)(=O)OC1F. The molecular formula is C4H7FO6S2. The molecule has 0 N–H and O–H groups in total. The molecular weight excluding hydrogens is 227 g/mol. The largest absolute Gasteiger partial charge is 0.403 e. The van der Waals surface area contributed by atoms with Gasteiger partial charge in [-0.3, -0.25) is 0 Å². The molecule has 1 heterocycles. The normalized spacial score (nSPS) is 33.4. The second-order valence-electron chi connectivity index (χ2n) is 2.58. The molecule has 0 saturated carbocycles. The zero-order valence-corrected chi connectivity index (χ0v) is 8.14. The molecule has 2 unspecified atom stereocenters. The van der Waals surface area contributed by atoms with Crippen LogP contribution in [0.1, 0.15) is 0 Å². The highest BCUT2D eigenvalue weighted by Crippen LogP contribution is 2.22. The highest BCUT2D eigenvalue weighted by molar-refractivity contribution is 7.90. The van der Waals surface area contributed by atoms with Gasteiger partial charge in [0, 0.05) is 6.26 Å². The summed E-state index contributed by atoms with van der Waals surface area (Å²) >= 11 is 0. The van der Waals surface area contributed by atoms with Crippen molar-refractivity contribution < 1.29 is 29.6 Å². The number of hydrogen-bond acceptors (Lipinski definition) is 6. The van der Waals surface area contributed by atoms with Crippen LogP contribution in [0.15, 0.2) is 0 Å². The lowest BCUT2D eigenvalue weighted by molar-refractivity contribution is 0.0495. The first-order chi connectivity index (χ1) is 5.70. The van der Waals surface area contributed by atoms with Crippen molar-refractivity contribution in [2.75, 3.05) is 12.0 Å². The highest BCUT2D eigenvalue weighted by Gasteiger charge is 2.42. The summed E-state index contributed by atoms with van der Waals surface area (Å²) in [5.74, 6) is -0.729. The van der Waals surface area contributed by atoms with E-state index in [1.54, 1.807) is 0 Å². The molecule has 9 heteroatoms. The van der Waals surface area contributed by atoms with Crippen LogP contribution in [0.4, 0.5) is 4.39 Å². The van der Waals surface area contributed by atoms with Gasteiger partial charge in [-0.1, -0.05) is 0 Å². The van der Waals surface area contributed by atoms with Crippen molar-refractivity contribution in [3.63, 3.8) is 0 Å². The predicted octanol–water partition coefficient (Wildman–Crippen LogP) is -1.01. The second kappa shape index (κ2) is 3.15. The second-order valence-corrected chi connectivity index (χ2v) is 5.97. The zero-order chi connectivity index (χ0) is 10.3. The van der Waals surface area contributed by atoms with Crippen molar-refractivity contribution in [2.45, 2.75) is 12.5 Å². The number of rotatable bonds is 2. The molecule has 0 bridgehead atoms. The fourth-order valence-electron chi connectivity index (χ4n) is 0.794. The van der Waals surface area contributed by atoms with Gasteiger partial charge in [-0.15, -0.1) is 0 Å². The third kappa shape index (κ3) is 3.18. The standard InChI is InChI=1S/C4H7FO6S2/c1-12(6,7)2-3-4(5)11-13(8,9)10-3/h3-4H,2H2,1H3. The van der Waals surface area contributed by atoms with Crippen molar-refractivity contribution in [1.29, 1.82) is 0 Å². The molecule has 1 fully saturated rings. The third-order valence-electron chi connectivity index (χ3n) is 1.21. The first kappa shape index (κ1) is 10.8. The average molecular weight is 234 g/mol. The fraction of sp³-hybridized carbons (Fsp3) is 1.00. The Morgan fingerprint density at radius 1 is 1.38 bits per heavy atom. The minimum Gasteiger partial charge on any atom is -0.238 e. The Morgan fingerprint density at radius 3 is 2.23 bits per heavy atom. The van der Waals surface area contributed by atoms with Crippen LogP contribution in [0.3, 0.4) is 0 Å². The lowest BCUT2D eigenvalue weighted by atomic mass is 10.4. The van der Waals surface area contributed by atoms with Gasteiger partial charge >= 0.3 is 10.4 Å². The first-order valence-electron chi connectivity index (χ1n) is 3.13. The van der Waals surface area contributed by atoms with Crippen LogP contribution in [0.5, 0.6) is 0 Å². The van der Waals surface area contributed by atoms with Crippen LogP contribution >= 0.6 is 0 Å². The molecule has 0 aromatic heterocycles. The molecule has 0 radical (unpaired) electrons. The minimum absolute atomic E-state index is 0.729. The monoisotopic (exact) mass is 234 g/mol. The van der Waals surface area contributed by atoms with Gasteiger partial charge in [0.25, 0.3) is 0 Å². The van der Waals surface area contributed by atoms with E-state index in [2.05, 4.69) is 8.37 Å². The Balaban J connectivity index is 2.76. The molecule has 0 aliphatic carbocycles. The maximum absolute atomic E-state index is 12.6. The summed E-state index contributed by atoms with van der Waals surface area (Å²) in [5.41, 5.74) is 0. The van der Waals surface area contributed by atoms with Gasteiger partial charge in [0.1, 0.15) is 9.84 Å². The van der Waals surface area contributed by atoms with E-state index in [9.17, 15) is 21.2 Å². The maximum Gasteiger partial charge on any atom is 0.403 e. The summed E-state index contributed by atoms with van der Waals surface area (Å²) in [5, 5.41) is 0. The van der Waals surface area contributed by atoms with Crippen molar-refractivity contribution in [1.82, 2.24) is 0 Å². The Morgan fingerprint density at radius 2 is 1.92 bits per heavy atom. The molecule has 78 valence electrons. The van der Waals surface area contributed by atoms with E-state index in [-0.39, 0.29) is 0 Å². The minimum atomic E-state index is -4.36. The van der Waals surface area contributed by atoms with Crippen LogP contribution in [0.25, 0.3) is 0 Å². The van der Waals surface area contributed by atoms with Gasteiger partial charge in [-0.25, -0.2) is 21.2 Å². The molecule has 0 aromatic carbocycles. The molecule has 2 atom stereocenters. The van der Waals surface area contributed by atoms with Gasteiger partial charge in [0.2, 0.25) is 6.36 Å². The van der Waals surface area contributed by atoms with E-state index < -0.39 is 38.5 Å². The van der Waals surface area contributed by atoms with Crippen LogP contribution in [-0.2, 0) is 28.6 Å². The molecule has 0 aromatic rings. The van der Waals surface area contributed by atoms with Crippen molar-refractivity contribution in [3.05, 3.63) is 0 Å². The van der Waals surface area contributed by atoms with E-state index in [1.807, 2.05) is 0 Å². The molecule has 13 heavy (non-hydrogen) atoms. The van der Waals surface area contributed by atoms with Gasteiger partial charge in [0.05, 0.1) is 5.75 Å². The predicted molar refractivity (Wildman–Crippen MR) is 39.5 cm³/mol. The van der Waals surface area contributed by atoms with E-state index in [0.29, 0.717) is 0 Å². The van der Waals surface area contributed by atoms with Crippen molar-refractivity contribution in [2.24, 2.45) is 0 Å². The molecule has 1 rings (SSSR count). The summed E-state index contributed by atoms with van der Waals surface area (Å²) in [6, 6.07) is 0. The number of halogens is 1. The van der Waals surface area contributed by atoms with E-state index >= 15 is 0 Å². The third-order valence-corrected chi connectivity index (χ3v) is 3.05. The van der Waals surface area contributed by atoms with E-state index in [1.165, 1.54) is 0 Å². The van der Waals surface area contributed by atoms with Crippen LogP contribution in [0, 0.1) is 0 Å². The Hall–Kier alpha value is -0.250. The van der Waals surface area contributed by atoms with Gasteiger partial charge < -0.3 is 0 Å². The Labute approximate surface area is 74.9 Å². The Bertz CT molecular complexity index is 383. The van der Waals surface area contributed by atoms with E-state index in [0.717, 1.165) is 6.26 Å².